The summed E-state index contributed by atoms with van der Waals surface area (Å²) in [6.07, 6.45) is 11.3. The van der Waals surface area contributed by atoms with E-state index in [4.69, 9.17) is 5.11 Å². The average Bonchev–Trinajstić information content (AvgIpc) is 3.15. The molecule has 0 radical (unpaired) electrons. The number of likely N-dealkylation sites (tertiary alicyclic amines) is 1. The second-order valence-corrected chi connectivity index (χ2v) is 8.02. The average molecular weight is 390 g/mol. The number of nitrogens with one attached hydrogen (secondary N) is 1. The van der Waals surface area contributed by atoms with Crippen molar-refractivity contribution in [2.45, 2.75) is 70.4 Å². The first kappa shape index (κ1) is 20.4. The summed E-state index contributed by atoms with van der Waals surface area (Å²) in [6.45, 7) is 1.38. The molecule has 1 saturated carbocycles. The molecule has 1 saturated heterocycles. The van der Waals surface area contributed by atoms with Crippen LogP contribution in [0, 0.1) is 5.92 Å². The SMILES string of the molecule is O=C(O)CCC1CCCN(C(=O)c2cnn(CC(=O)NC3CCCCC3)c2)C1. The highest BCUT2D eigenvalue weighted by atomic mass is 16.4. The van der Waals surface area contributed by atoms with Crippen LogP contribution >= 0.6 is 0 Å². The van der Waals surface area contributed by atoms with E-state index in [1.807, 2.05) is 0 Å². The number of nitrogens with zero attached hydrogens (tertiary/aromatic N) is 3. The quantitative estimate of drug-likeness (QED) is 0.741. The Balaban J connectivity index is 1.50. The summed E-state index contributed by atoms with van der Waals surface area (Å²) >= 11 is 0. The Labute approximate surface area is 165 Å². The fourth-order valence-corrected chi connectivity index (χ4v) is 4.22. The lowest BCUT2D eigenvalue weighted by Gasteiger charge is -2.32. The van der Waals surface area contributed by atoms with Crippen molar-refractivity contribution in [1.82, 2.24) is 20.0 Å². The van der Waals surface area contributed by atoms with Crippen LogP contribution in [0.3, 0.4) is 0 Å². The maximum Gasteiger partial charge on any atom is 0.303 e. The zero-order chi connectivity index (χ0) is 19.9. The lowest BCUT2D eigenvalue weighted by molar-refractivity contribution is -0.137. The van der Waals surface area contributed by atoms with Gasteiger partial charge in [-0.25, -0.2) is 0 Å². The maximum atomic E-state index is 12.8. The van der Waals surface area contributed by atoms with E-state index in [1.54, 1.807) is 11.1 Å². The van der Waals surface area contributed by atoms with Crippen molar-refractivity contribution in [3.05, 3.63) is 18.0 Å². The number of carboxylic acid groups (broad SMARTS) is 1. The minimum absolute atomic E-state index is 0.0688. The molecule has 1 aliphatic carbocycles. The van der Waals surface area contributed by atoms with Gasteiger partial charge in [-0.3, -0.25) is 19.1 Å². The van der Waals surface area contributed by atoms with Gasteiger partial charge in [-0.05, 0) is 38.0 Å². The highest BCUT2D eigenvalue weighted by Gasteiger charge is 2.26. The lowest BCUT2D eigenvalue weighted by Crippen LogP contribution is -2.40. The molecule has 2 fully saturated rings. The zero-order valence-corrected chi connectivity index (χ0v) is 16.3. The van der Waals surface area contributed by atoms with Crippen LogP contribution in [0.15, 0.2) is 12.4 Å². The number of hydrogen-bond donors (Lipinski definition) is 2. The number of carbonyl (C=O) groups is 3. The van der Waals surface area contributed by atoms with Crippen LogP contribution in [-0.4, -0.2) is 56.7 Å². The smallest absolute Gasteiger partial charge is 0.303 e. The molecule has 0 bridgehead atoms. The summed E-state index contributed by atoms with van der Waals surface area (Å²) in [6, 6.07) is 0.258. The predicted octanol–water partition coefficient (Wildman–Crippen LogP) is 2.05. The number of carboxylic acids is 1. The number of aliphatic carboxylic acids is 1. The molecule has 8 heteroatoms. The van der Waals surface area contributed by atoms with E-state index >= 15 is 0 Å². The van der Waals surface area contributed by atoms with Gasteiger partial charge < -0.3 is 15.3 Å². The molecule has 8 nitrogen and oxygen atoms in total. The first-order chi connectivity index (χ1) is 13.5. The van der Waals surface area contributed by atoms with Gasteiger partial charge in [0.25, 0.3) is 5.91 Å². The number of hydrogen-bond acceptors (Lipinski definition) is 4. The van der Waals surface area contributed by atoms with Crippen molar-refractivity contribution in [2.75, 3.05) is 13.1 Å². The van der Waals surface area contributed by atoms with Gasteiger partial charge >= 0.3 is 5.97 Å². The Hall–Kier alpha value is -2.38. The van der Waals surface area contributed by atoms with E-state index in [9.17, 15) is 14.4 Å². The molecule has 1 aliphatic heterocycles. The van der Waals surface area contributed by atoms with E-state index in [0.29, 0.717) is 25.1 Å². The van der Waals surface area contributed by atoms with Crippen molar-refractivity contribution in [3.8, 4) is 0 Å². The van der Waals surface area contributed by atoms with Crippen LogP contribution < -0.4 is 5.32 Å². The summed E-state index contributed by atoms with van der Waals surface area (Å²) in [5, 5.41) is 16.1. The Bertz CT molecular complexity index is 696. The maximum absolute atomic E-state index is 12.8. The van der Waals surface area contributed by atoms with Gasteiger partial charge in [0.05, 0.1) is 11.8 Å². The van der Waals surface area contributed by atoms with Gasteiger partial charge in [0, 0.05) is 31.7 Å². The largest absolute Gasteiger partial charge is 0.481 e. The van der Waals surface area contributed by atoms with Gasteiger partial charge in [-0.2, -0.15) is 5.10 Å². The number of piperidine rings is 1. The molecule has 2 aliphatic rings. The van der Waals surface area contributed by atoms with E-state index < -0.39 is 5.97 Å². The number of amides is 2. The lowest BCUT2D eigenvalue weighted by atomic mass is 9.93. The molecule has 1 aromatic rings. The van der Waals surface area contributed by atoms with Crippen LogP contribution in [0.4, 0.5) is 0 Å². The van der Waals surface area contributed by atoms with Gasteiger partial charge in [0.2, 0.25) is 5.91 Å². The molecule has 2 heterocycles. The van der Waals surface area contributed by atoms with Crippen LogP contribution in [0.25, 0.3) is 0 Å². The molecule has 154 valence electrons. The third-order valence-corrected chi connectivity index (χ3v) is 5.73. The molecule has 1 atom stereocenters. The minimum Gasteiger partial charge on any atom is -0.481 e. The second kappa shape index (κ2) is 9.71. The molecule has 2 N–H and O–H groups in total. The van der Waals surface area contributed by atoms with Crippen LogP contribution in [0.1, 0.15) is 68.1 Å². The molecule has 0 aromatic carbocycles. The standard InChI is InChI=1S/C20H30N4O4/c25-18(22-17-6-2-1-3-7-17)14-24-13-16(11-21-24)20(28)23-10-4-5-15(12-23)8-9-19(26)27/h11,13,15,17H,1-10,12,14H2,(H,22,25)(H,26,27). The summed E-state index contributed by atoms with van der Waals surface area (Å²) in [5.74, 6) is -0.735. The van der Waals surface area contributed by atoms with Gasteiger partial charge in [-0.1, -0.05) is 19.3 Å². The van der Waals surface area contributed by atoms with Crippen molar-refractivity contribution >= 4 is 17.8 Å². The Morgan fingerprint density at radius 2 is 1.93 bits per heavy atom. The highest BCUT2D eigenvalue weighted by molar-refractivity contribution is 5.93. The Morgan fingerprint density at radius 1 is 1.14 bits per heavy atom. The summed E-state index contributed by atoms with van der Waals surface area (Å²) in [4.78, 5) is 37.5. The number of carbonyl (C=O) groups excluding carboxylic acids is 2. The Kier molecular flexibility index (Phi) is 7.06. The summed E-state index contributed by atoms with van der Waals surface area (Å²) in [7, 11) is 0. The molecule has 1 aromatic heterocycles. The monoisotopic (exact) mass is 390 g/mol. The number of aromatic nitrogens is 2. The molecular formula is C20H30N4O4. The van der Waals surface area contributed by atoms with Crippen LogP contribution in [0.2, 0.25) is 0 Å². The normalized spacial score (nSPS) is 20.7. The summed E-state index contributed by atoms with van der Waals surface area (Å²) in [5.41, 5.74) is 0.476. The van der Waals surface area contributed by atoms with E-state index in [2.05, 4.69) is 10.4 Å². The second-order valence-electron chi connectivity index (χ2n) is 8.02. The third-order valence-electron chi connectivity index (χ3n) is 5.73. The molecule has 2 amide bonds. The zero-order valence-electron chi connectivity index (χ0n) is 16.3. The van der Waals surface area contributed by atoms with Crippen molar-refractivity contribution < 1.29 is 19.5 Å². The highest BCUT2D eigenvalue weighted by Crippen LogP contribution is 2.22. The number of rotatable bonds is 7. The minimum atomic E-state index is -0.795. The van der Waals surface area contributed by atoms with Crippen LogP contribution in [-0.2, 0) is 16.1 Å². The molecule has 0 spiro atoms. The Morgan fingerprint density at radius 3 is 2.68 bits per heavy atom. The molecule has 1 unspecified atom stereocenters. The topological polar surface area (TPSA) is 105 Å². The fraction of sp³-hybridized carbons (Fsp3) is 0.700. The van der Waals surface area contributed by atoms with Gasteiger partial charge in [-0.15, -0.1) is 0 Å². The first-order valence-electron chi connectivity index (χ1n) is 10.3. The van der Waals surface area contributed by atoms with Crippen molar-refractivity contribution in [3.63, 3.8) is 0 Å². The van der Waals surface area contributed by atoms with Gasteiger partial charge in [0.15, 0.2) is 0 Å². The molecule has 3 rings (SSSR count). The predicted molar refractivity (Wildman–Crippen MR) is 103 cm³/mol. The first-order valence-corrected chi connectivity index (χ1v) is 10.3. The summed E-state index contributed by atoms with van der Waals surface area (Å²) < 4.78 is 1.51. The van der Waals surface area contributed by atoms with E-state index in [0.717, 1.165) is 38.5 Å². The van der Waals surface area contributed by atoms with E-state index in [1.165, 1.54) is 17.3 Å². The van der Waals surface area contributed by atoms with Crippen molar-refractivity contribution in [1.29, 1.82) is 0 Å². The van der Waals surface area contributed by atoms with E-state index in [-0.39, 0.29) is 36.7 Å². The fourth-order valence-electron chi connectivity index (χ4n) is 4.22. The van der Waals surface area contributed by atoms with Gasteiger partial charge in [0.1, 0.15) is 6.54 Å². The third kappa shape index (κ3) is 5.81. The van der Waals surface area contributed by atoms with Crippen LogP contribution in [0.5, 0.6) is 0 Å². The molecular weight excluding hydrogens is 360 g/mol. The van der Waals surface area contributed by atoms with Crippen molar-refractivity contribution in [2.24, 2.45) is 5.92 Å². The molecule has 28 heavy (non-hydrogen) atoms.